The van der Waals surface area contributed by atoms with Crippen molar-refractivity contribution >= 4 is 80.6 Å². The van der Waals surface area contributed by atoms with Crippen LogP contribution in [0, 0.1) is 0 Å². The van der Waals surface area contributed by atoms with Crippen LogP contribution in [0.25, 0.3) is 0 Å². The van der Waals surface area contributed by atoms with Crippen LogP contribution >= 0.6 is 0 Å². The van der Waals surface area contributed by atoms with Crippen LogP contribution in [0.5, 0.6) is 0 Å². The molecule has 0 radical (unpaired) electrons. The smallest absolute Gasteiger partial charge is 0.672 e. The minimum atomic E-state index is -3.63. The molecular weight excluding hydrogens is 494 g/mol. The number of hydrogen-bond acceptors (Lipinski definition) is 15. The summed E-state index contributed by atoms with van der Waals surface area (Å²) in [6, 6.07) is 0. The van der Waals surface area contributed by atoms with Gasteiger partial charge in [-0.2, -0.15) is 0 Å². The van der Waals surface area contributed by atoms with Gasteiger partial charge in [-0.3, -0.25) is 0 Å². The van der Waals surface area contributed by atoms with Crippen LogP contribution in [0.4, 0.5) is 0 Å². The van der Waals surface area contributed by atoms with Crippen LogP contribution in [-0.4, -0.2) is 80.6 Å². The fraction of sp³-hybridized carbons (Fsp3) is 0. The van der Waals surface area contributed by atoms with E-state index in [0.717, 1.165) is 0 Å². The molecule has 0 unspecified atom stereocenters. The van der Waals surface area contributed by atoms with E-state index >= 15 is 0 Å². The topological polar surface area (TPSA) is 316 Å². The molecule has 0 bridgehead atoms. The molecule has 0 aromatic rings. The van der Waals surface area contributed by atoms with Gasteiger partial charge in [0, 0.05) is 45.9 Å². The molecule has 0 fully saturated rings. The Morgan fingerprint density at radius 2 is 0.346 bits per heavy atom. The molecule has 0 aliphatic carbocycles. The summed E-state index contributed by atoms with van der Waals surface area (Å²) in [7, 11) is -18.1. The molecule has 26 heavy (non-hydrogen) atoms. The van der Waals surface area contributed by atoms with E-state index in [0.29, 0.717) is 0 Å². The van der Waals surface area contributed by atoms with Crippen molar-refractivity contribution in [3.05, 3.63) is 0 Å². The average Bonchev–Trinajstić information content (AvgIpc) is 1.94. The van der Waals surface area contributed by atoms with Crippen molar-refractivity contribution in [2.24, 2.45) is 0 Å². The molecule has 0 amide bonds. The maximum absolute atomic E-state index is 8.52. The monoisotopic (exact) mass is 494 g/mol. The average molecular weight is 494 g/mol. The van der Waals surface area contributed by atoms with Gasteiger partial charge in [0.05, 0.1) is 0 Å². The summed E-state index contributed by atoms with van der Waals surface area (Å²) in [6.45, 7) is 0. The van der Waals surface area contributed by atoms with Crippen LogP contribution in [0.2, 0.25) is 0 Å². The largest absolute Gasteiger partial charge is 3.00 e. The van der Waals surface area contributed by atoms with Crippen molar-refractivity contribution in [1.29, 1.82) is 0 Å². The molecule has 0 heterocycles. The maximum Gasteiger partial charge on any atom is 3.00 e. The summed E-state index contributed by atoms with van der Waals surface area (Å²) in [5.74, 6) is 0. The van der Waals surface area contributed by atoms with Crippen molar-refractivity contribution in [1.82, 2.24) is 0 Å². The maximum atomic E-state index is 8.52. The van der Waals surface area contributed by atoms with Crippen LogP contribution in [0.3, 0.4) is 0 Å². The molecule has 15 nitrogen and oxygen atoms in total. The van der Waals surface area contributed by atoms with Crippen molar-refractivity contribution in [2.75, 3.05) is 0 Å². The van der Waals surface area contributed by atoms with Gasteiger partial charge in [0.15, 0.2) is 0 Å². The van der Waals surface area contributed by atoms with Crippen LogP contribution < -0.4 is 145 Å². The number of rotatable bonds is 0. The van der Waals surface area contributed by atoms with Gasteiger partial charge in [-0.1, -0.05) is 0 Å². The van der Waals surface area contributed by atoms with Gasteiger partial charge >= 0.3 is 132 Å². The van der Waals surface area contributed by atoms with Gasteiger partial charge in [0.1, 0.15) is 0 Å². The zero-order chi connectivity index (χ0) is 17.9. The second kappa shape index (κ2) is 63.1. The predicted octanol–water partition coefficient (Wildman–Crippen LogP) is -27.1. The summed E-state index contributed by atoms with van der Waals surface area (Å²) in [6.07, 6.45) is 0. The van der Waals surface area contributed by atoms with Crippen LogP contribution in [0.15, 0.2) is 0 Å². The van der Waals surface area contributed by atoms with E-state index in [-0.39, 0.29) is 132 Å². The van der Waals surface area contributed by atoms with Gasteiger partial charge in [-0.05, 0) is 0 Å². The zero-order valence-electron chi connectivity index (χ0n) is 13.8. The Kier molecular flexibility index (Phi) is 171. The summed E-state index contributed by atoms with van der Waals surface area (Å²) < 4.78 is 42.6. The zero-order valence-corrected chi connectivity index (χ0v) is 25.1. The van der Waals surface area contributed by atoms with Gasteiger partial charge in [0.2, 0.25) is 0 Å². The molecule has 0 saturated carbocycles. The molecule has 0 aromatic carbocycles. The quantitative estimate of drug-likeness (QED) is 0.282. The molecule has 26 heteroatoms. The minimum absolute atomic E-state index is 0. The summed E-state index contributed by atoms with van der Waals surface area (Å²) >= 11 is 0. The van der Waals surface area contributed by atoms with E-state index in [1.54, 1.807) is 0 Å². The molecule has 0 aromatic heterocycles. The van der Waals surface area contributed by atoms with E-state index < -0.39 is 45.9 Å². The van der Waals surface area contributed by atoms with E-state index in [1.807, 2.05) is 0 Å². The van der Waals surface area contributed by atoms with Gasteiger partial charge < -0.3 is 70.3 Å². The Balaban J connectivity index is -0.0000000114. The third-order valence-electron chi connectivity index (χ3n) is 0. The first-order chi connectivity index (χ1) is 8.66. The van der Waals surface area contributed by atoms with E-state index in [1.165, 1.54) is 0 Å². The normalized spacial score (nSPS) is 4.62. The fourth-order valence-electron chi connectivity index (χ4n) is 0. The van der Waals surface area contributed by atoms with Crippen molar-refractivity contribution in [2.45, 2.75) is 0 Å². The van der Waals surface area contributed by atoms with E-state index in [2.05, 4.69) is 0 Å². The first kappa shape index (κ1) is 70.5. The van der Waals surface area contributed by atoms with Crippen LogP contribution in [-0.2, 0) is 22.3 Å². The Morgan fingerprint density at radius 3 is 0.346 bits per heavy atom. The standard InChI is InChI=1S/2Al.2Li.2Na.5O3Si/c;;;;;;5*1-4(2)3/q2*+3;4*+1;5*-2. The molecule has 0 spiro atoms. The Labute approximate surface area is 244 Å². The SMILES string of the molecule is O=[Si]([O-])[O-].O=[Si]([O-])[O-].O=[Si]([O-])[O-].O=[Si]([O-])[O-].O=[Si]([O-])[O-].[Al+3].[Al+3].[Li+].[Li+].[Na+].[Na+]. The fourth-order valence-corrected chi connectivity index (χ4v) is 0. The molecule has 0 saturated heterocycles. The first-order valence-electron chi connectivity index (χ1n) is 3.06. The van der Waals surface area contributed by atoms with Crippen molar-refractivity contribution < 1.29 is 167 Å². The first-order valence-corrected chi connectivity index (χ1v) is 9.19. The van der Waals surface area contributed by atoms with Crippen molar-refractivity contribution in [3.63, 3.8) is 0 Å². The molecule has 0 rings (SSSR count). The Morgan fingerprint density at radius 1 is 0.346 bits per heavy atom. The Bertz CT molecular complexity index is 231. The molecule has 0 N–H and O–H groups in total. The summed E-state index contributed by atoms with van der Waals surface area (Å²) in [5, 5.41) is 0. The van der Waals surface area contributed by atoms with Crippen LogP contribution in [0.1, 0.15) is 0 Å². The van der Waals surface area contributed by atoms with Gasteiger partial charge in [-0.15, -0.1) is 0 Å². The molecule has 0 aliphatic rings. The van der Waals surface area contributed by atoms with E-state index in [4.69, 9.17) is 70.3 Å². The van der Waals surface area contributed by atoms with Gasteiger partial charge in [-0.25, -0.2) is 0 Å². The molecular formula is Al2Li2Na2O15Si5. The molecule has 0 atom stereocenters. The third kappa shape index (κ3) is 3080. The Hall–Kier alpha value is 2.34. The van der Waals surface area contributed by atoms with E-state index in [9.17, 15) is 0 Å². The summed E-state index contributed by atoms with van der Waals surface area (Å²) in [4.78, 5) is 85.2. The minimum Gasteiger partial charge on any atom is -0.672 e. The second-order valence-corrected chi connectivity index (χ2v) is 3.75. The summed E-state index contributed by atoms with van der Waals surface area (Å²) in [5.41, 5.74) is 0. The molecule has 0 aliphatic heterocycles. The van der Waals surface area contributed by atoms with Crippen molar-refractivity contribution in [3.8, 4) is 0 Å². The third-order valence-corrected chi connectivity index (χ3v) is 0. The van der Waals surface area contributed by atoms with Gasteiger partial charge in [0.25, 0.3) is 0 Å². The molecule has 120 valence electrons. The predicted molar refractivity (Wildman–Crippen MR) is 43.7 cm³/mol. The second-order valence-electron chi connectivity index (χ2n) is 1.25. The number of hydrogen-bond donors (Lipinski definition) is 0.